The molecule has 1 unspecified atom stereocenters. The highest BCUT2D eigenvalue weighted by atomic mass is 79.9. The summed E-state index contributed by atoms with van der Waals surface area (Å²) in [5, 5.41) is 0. The molecule has 94 valence electrons. The summed E-state index contributed by atoms with van der Waals surface area (Å²) < 4.78 is 37.9. The molecule has 0 aliphatic rings. The quantitative estimate of drug-likeness (QED) is 0.603. The molecule has 0 aromatic heterocycles. The Bertz CT molecular complexity index is 424. The van der Waals surface area contributed by atoms with Crippen molar-refractivity contribution in [3.05, 3.63) is 34.9 Å². The molecule has 1 aromatic carbocycles. The van der Waals surface area contributed by atoms with Crippen LogP contribution in [-0.2, 0) is 12.6 Å². The van der Waals surface area contributed by atoms with E-state index in [4.69, 9.17) is 0 Å². The van der Waals surface area contributed by atoms with Crippen LogP contribution >= 0.6 is 15.9 Å². The van der Waals surface area contributed by atoms with Crippen LogP contribution in [0.3, 0.4) is 0 Å². The van der Waals surface area contributed by atoms with Crippen molar-refractivity contribution < 1.29 is 18.0 Å². The molecule has 5 heteroatoms. The predicted octanol–water partition coefficient (Wildman–Crippen LogP) is 4.23. The van der Waals surface area contributed by atoms with Gasteiger partial charge >= 0.3 is 6.18 Å². The molecule has 0 N–H and O–H groups in total. The fourth-order valence-electron chi connectivity index (χ4n) is 1.55. The highest BCUT2D eigenvalue weighted by molar-refractivity contribution is 9.10. The molecule has 0 heterocycles. The lowest BCUT2D eigenvalue weighted by Gasteiger charge is -2.13. The Kier molecular flexibility index (Phi) is 4.36. The fraction of sp³-hybridized carbons (Fsp3) is 0.417. The normalized spacial score (nSPS) is 13.5. The molecule has 0 aliphatic carbocycles. The van der Waals surface area contributed by atoms with E-state index in [1.165, 1.54) is 12.1 Å². The molecular formula is C12H12BrF3O. The average Bonchev–Trinajstić information content (AvgIpc) is 2.25. The standard InChI is InChI=1S/C12H12BrF3O/c1-3-8-6-9(11(17)7(2)13)4-5-10(8)12(14,15)16/h4-7H,3H2,1-2H3. The second-order valence-electron chi connectivity index (χ2n) is 3.70. The highest BCUT2D eigenvalue weighted by Crippen LogP contribution is 2.33. The van der Waals surface area contributed by atoms with Crippen LogP contribution in [0.5, 0.6) is 0 Å². The molecule has 1 rings (SSSR count). The van der Waals surface area contributed by atoms with Crippen LogP contribution in [-0.4, -0.2) is 10.6 Å². The number of rotatable bonds is 3. The van der Waals surface area contributed by atoms with Gasteiger partial charge in [0.2, 0.25) is 0 Å². The van der Waals surface area contributed by atoms with Gasteiger partial charge in [0.15, 0.2) is 5.78 Å². The minimum Gasteiger partial charge on any atom is -0.293 e. The number of ketones is 1. The van der Waals surface area contributed by atoms with E-state index < -0.39 is 16.6 Å². The second-order valence-corrected chi connectivity index (χ2v) is 5.08. The molecule has 17 heavy (non-hydrogen) atoms. The minimum atomic E-state index is -4.37. The molecule has 0 saturated heterocycles. The molecule has 0 spiro atoms. The van der Waals surface area contributed by atoms with Gasteiger partial charge in [0, 0.05) is 5.56 Å². The summed E-state index contributed by atoms with van der Waals surface area (Å²) in [5.41, 5.74) is -0.213. The summed E-state index contributed by atoms with van der Waals surface area (Å²) in [7, 11) is 0. The third-order valence-electron chi connectivity index (χ3n) is 2.44. The van der Waals surface area contributed by atoms with Crippen LogP contribution in [0, 0.1) is 0 Å². The van der Waals surface area contributed by atoms with E-state index in [1.807, 2.05) is 0 Å². The number of Topliss-reactive ketones (excluding diaryl/α,β-unsaturated/α-hetero) is 1. The molecule has 0 aliphatic heterocycles. The molecule has 0 saturated carbocycles. The Labute approximate surface area is 106 Å². The maximum absolute atomic E-state index is 12.6. The van der Waals surface area contributed by atoms with Gasteiger partial charge in [-0.1, -0.05) is 28.9 Å². The van der Waals surface area contributed by atoms with E-state index in [9.17, 15) is 18.0 Å². The average molecular weight is 309 g/mol. The lowest BCUT2D eigenvalue weighted by Crippen LogP contribution is -2.13. The first kappa shape index (κ1) is 14.2. The molecule has 0 amide bonds. The summed E-state index contributed by atoms with van der Waals surface area (Å²) >= 11 is 3.11. The Morgan fingerprint density at radius 1 is 1.41 bits per heavy atom. The van der Waals surface area contributed by atoms with E-state index >= 15 is 0 Å². The summed E-state index contributed by atoms with van der Waals surface area (Å²) in [4.78, 5) is 11.2. The molecule has 1 nitrogen and oxygen atoms in total. The van der Waals surface area contributed by atoms with Crippen molar-refractivity contribution in [3.63, 3.8) is 0 Å². The molecule has 0 bridgehead atoms. The lowest BCUT2D eigenvalue weighted by atomic mass is 9.99. The third kappa shape index (κ3) is 3.31. The maximum Gasteiger partial charge on any atom is 0.416 e. The van der Waals surface area contributed by atoms with Crippen LogP contribution in [0.15, 0.2) is 18.2 Å². The molecule has 1 atom stereocenters. The Morgan fingerprint density at radius 2 is 2.00 bits per heavy atom. The summed E-state index contributed by atoms with van der Waals surface area (Å²) in [6, 6.07) is 3.52. The second kappa shape index (κ2) is 5.21. The molecule has 1 aromatic rings. The monoisotopic (exact) mass is 308 g/mol. The summed E-state index contributed by atoms with van der Waals surface area (Å²) in [6.07, 6.45) is -4.13. The van der Waals surface area contributed by atoms with Crippen LogP contribution in [0.4, 0.5) is 13.2 Å². The van der Waals surface area contributed by atoms with Gasteiger partial charge in [-0.3, -0.25) is 4.79 Å². The van der Waals surface area contributed by atoms with Crippen molar-refractivity contribution in [2.24, 2.45) is 0 Å². The van der Waals surface area contributed by atoms with Crippen molar-refractivity contribution in [1.82, 2.24) is 0 Å². The van der Waals surface area contributed by atoms with Gasteiger partial charge in [0.25, 0.3) is 0 Å². The zero-order valence-electron chi connectivity index (χ0n) is 9.44. The first-order valence-corrected chi connectivity index (χ1v) is 6.07. The minimum absolute atomic E-state index is 0.150. The number of carbonyl (C=O) groups is 1. The summed E-state index contributed by atoms with van der Waals surface area (Å²) in [5.74, 6) is -0.214. The topological polar surface area (TPSA) is 17.1 Å². The van der Waals surface area contributed by atoms with Crippen LogP contribution in [0.1, 0.15) is 35.3 Å². The van der Waals surface area contributed by atoms with Crippen molar-refractivity contribution in [2.45, 2.75) is 31.3 Å². The number of alkyl halides is 4. The number of aryl methyl sites for hydroxylation is 1. The molecular weight excluding hydrogens is 297 g/mol. The first-order chi connectivity index (χ1) is 7.77. The van der Waals surface area contributed by atoms with Gasteiger partial charge in [0.05, 0.1) is 10.4 Å². The van der Waals surface area contributed by atoms with E-state index in [2.05, 4.69) is 15.9 Å². The van der Waals surface area contributed by atoms with Crippen LogP contribution < -0.4 is 0 Å². The van der Waals surface area contributed by atoms with Gasteiger partial charge in [-0.2, -0.15) is 13.2 Å². The van der Waals surface area contributed by atoms with E-state index in [0.717, 1.165) is 6.07 Å². The molecule has 0 radical (unpaired) electrons. The smallest absolute Gasteiger partial charge is 0.293 e. The lowest BCUT2D eigenvalue weighted by molar-refractivity contribution is -0.138. The Hall–Kier alpha value is -0.840. The van der Waals surface area contributed by atoms with Crippen molar-refractivity contribution >= 4 is 21.7 Å². The molecule has 0 fully saturated rings. The number of hydrogen-bond acceptors (Lipinski definition) is 1. The van der Waals surface area contributed by atoms with Gasteiger partial charge in [0.1, 0.15) is 0 Å². The Morgan fingerprint density at radius 3 is 2.41 bits per heavy atom. The van der Waals surface area contributed by atoms with E-state index in [1.54, 1.807) is 13.8 Å². The largest absolute Gasteiger partial charge is 0.416 e. The SMILES string of the molecule is CCc1cc(C(=O)C(C)Br)ccc1C(F)(F)F. The fourth-order valence-corrected chi connectivity index (χ4v) is 1.81. The zero-order chi connectivity index (χ0) is 13.2. The van der Waals surface area contributed by atoms with Gasteiger partial charge in [-0.15, -0.1) is 0 Å². The van der Waals surface area contributed by atoms with E-state index in [0.29, 0.717) is 5.56 Å². The number of benzene rings is 1. The van der Waals surface area contributed by atoms with Crippen molar-refractivity contribution in [1.29, 1.82) is 0 Å². The highest BCUT2D eigenvalue weighted by Gasteiger charge is 2.33. The van der Waals surface area contributed by atoms with Gasteiger partial charge < -0.3 is 0 Å². The summed E-state index contributed by atoms with van der Waals surface area (Å²) in [6.45, 7) is 3.28. The van der Waals surface area contributed by atoms with Crippen LogP contribution in [0.2, 0.25) is 0 Å². The van der Waals surface area contributed by atoms with Gasteiger partial charge in [-0.25, -0.2) is 0 Å². The van der Waals surface area contributed by atoms with Crippen LogP contribution in [0.25, 0.3) is 0 Å². The van der Waals surface area contributed by atoms with E-state index in [-0.39, 0.29) is 17.8 Å². The third-order valence-corrected chi connectivity index (χ3v) is 2.85. The number of hydrogen-bond donors (Lipinski definition) is 0. The van der Waals surface area contributed by atoms with Gasteiger partial charge in [-0.05, 0) is 31.0 Å². The predicted molar refractivity (Wildman–Crippen MR) is 63.5 cm³/mol. The number of halogens is 4. The number of carbonyl (C=O) groups excluding carboxylic acids is 1. The zero-order valence-corrected chi connectivity index (χ0v) is 11.0. The Balaban J connectivity index is 3.23. The van der Waals surface area contributed by atoms with Crippen molar-refractivity contribution in [3.8, 4) is 0 Å². The maximum atomic E-state index is 12.6. The first-order valence-electron chi connectivity index (χ1n) is 5.15. The van der Waals surface area contributed by atoms with Crippen molar-refractivity contribution in [2.75, 3.05) is 0 Å².